The van der Waals surface area contributed by atoms with Crippen molar-refractivity contribution in [3.05, 3.63) is 52.9 Å². The Kier molecular flexibility index (Phi) is 10.3. The third kappa shape index (κ3) is 7.95. The van der Waals surface area contributed by atoms with Crippen LogP contribution >= 0.6 is 24.0 Å². The number of piperidine rings is 1. The van der Waals surface area contributed by atoms with Gasteiger partial charge < -0.3 is 15.2 Å². The summed E-state index contributed by atoms with van der Waals surface area (Å²) < 4.78 is 44.1. The van der Waals surface area contributed by atoms with Crippen molar-refractivity contribution in [1.29, 1.82) is 0 Å². The fourth-order valence-corrected chi connectivity index (χ4v) is 3.61. The first-order chi connectivity index (χ1) is 14.9. The molecule has 1 saturated heterocycles. The van der Waals surface area contributed by atoms with Gasteiger partial charge in [0.2, 0.25) is 0 Å². The standard InChI is InChI=1S/C22H30F3N5O.HI/c1-3-18-13-20(31-29-18)14-27-21(26-4-2)28-19-8-10-30(11-9-19)15-16-6-5-7-17(12-16)22(23,24)25;/h5-7,12-13,19H,3-4,8-11,14-15H2,1-2H3,(H2,26,27,28);1H. The van der Waals surface area contributed by atoms with Crippen LogP contribution in [-0.2, 0) is 25.7 Å². The minimum Gasteiger partial charge on any atom is -0.359 e. The van der Waals surface area contributed by atoms with Gasteiger partial charge in [-0.05, 0) is 37.8 Å². The van der Waals surface area contributed by atoms with Crippen LogP contribution in [-0.4, -0.2) is 41.7 Å². The second kappa shape index (κ2) is 12.4. The smallest absolute Gasteiger partial charge is 0.359 e. The predicted molar refractivity (Wildman–Crippen MR) is 129 cm³/mol. The summed E-state index contributed by atoms with van der Waals surface area (Å²) in [5.74, 6) is 1.46. The Morgan fingerprint density at radius 2 is 1.97 bits per heavy atom. The highest BCUT2D eigenvalue weighted by molar-refractivity contribution is 14.0. The number of aromatic nitrogens is 1. The number of alkyl halides is 3. The molecule has 1 aromatic heterocycles. The summed E-state index contributed by atoms with van der Waals surface area (Å²) in [4.78, 5) is 6.78. The van der Waals surface area contributed by atoms with Gasteiger partial charge in [0.15, 0.2) is 11.7 Å². The van der Waals surface area contributed by atoms with Crippen LogP contribution < -0.4 is 10.6 Å². The monoisotopic (exact) mass is 565 g/mol. The number of guanidine groups is 1. The van der Waals surface area contributed by atoms with Crippen LogP contribution in [0, 0.1) is 0 Å². The summed E-state index contributed by atoms with van der Waals surface area (Å²) in [5, 5.41) is 10.7. The zero-order valence-corrected chi connectivity index (χ0v) is 20.7. The van der Waals surface area contributed by atoms with E-state index in [0.29, 0.717) is 18.7 Å². The van der Waals surface area contributed by atoms with E-state index < -0.39 is 11.7 Å². The van der Waals surface area contributed by atoms with Gasteiger partial charge in [0.05, 0.1) is 11.3 Å². The van der Waals surface area contributed by atoms with Crippen LogP contribution in [0.1, 0.15) is 49.3 Å². The number of benzene rings is 1. The second-order valence-electron chi connectivity index (χ2n) is 7.73. The summed E-state index contributed by atoms with van der Waals surface area (Å²) in [5.41, 5.74) is 1.01. The largest absolute Gasteiger partial charge is 0.416 e. The van der Waals surface area contributed by atoms with Crippen molar-refractivity contribution in [2.75, 3.05) is 19.6 Å². The molecule has 2 N–H and O–H groups in total. The van der Waals surface area contributed by atoms with Crippen molar-refractivity contribution >= 4 is 29.9 Å². The van der Waals surface area contributed by atoms with E-state index in [1.54, 1.807) is 6.07 Å². The van der Waals surface area contributed by atoms with Crippen molar-refractivity contribution in [1.82, 2.24) is 20.7 Å². The van der Waals surface area contributed by atoms with Crippen molar-refractivity contribution in [3.63, 3.8) is 0 Å². The Bertz CT molecular complexity index is 863. The SMILES string of the molecule is CCNC(=NCc1cc(CC)no1)NC1CCN(Cc2cccc(C(F)(F)F)c2)CC1.I. The molecule has 0 radical (unpaired) electrons. The molecule has 3 rings (SSSR count). The van der Waals surface area contributed by atoms with Gasteiger partial charge in [0.25, 0.3) is 0 Å². The third-order valence-corrected chi connectivity index (χ3v) is 5.30. The summed E-state index contributed by atoms with van der Waals surface area (Å²) >= 11 is 0. The summed E-state index contributed by atoms with van der Waals surface area (Å²) in [6, 6.07) is 7.76. The number of hydrogen-bond acceptors (Lipinski definition) is 4. The first-order valence-corrected chi connectivity index (χ1v) is 10.7. The Labute approximate surface area is 204 Å². The minimum absolute atomic E-state index is 0. The third-order valence-electron chi connectivity index (χ3n) is 5.30. The molecule has 2 heterocycles. The van der Waals surface area contributed by atoms with E-state index in [4.69, 9.17) is 4.52 Å². The topological polar surface area (TPSA) is 65.7 Å². The number of likely N-dealkylation sites (tertiary alicyclic amines) is 1. The predicted octanol–water partition coefficient (Wildman–Crippen LogP) is 4.59. The molecule has 0 atom stereocenters. The van der Waals surface area contributed by atoms with Crippen LogP contribution in [0.4, 0.5) is 13.2 Å². The van der Waals surface area contributed by atoms with Gasteiger partial charge in [-0.1, -0.05) is 30.3 Å². The van der Waals surface area contributed by atoms with Crippen molar-refractivity contribution in [2.45, 2.75) is 58.4 Å². The van der Waals surface area contributed by atoms with E-state index in [1.807, 2.05) is 19.9 Å². The zero-order valence-electron chi connectivity index (χ0n) is 18.4. The first-order valence-electron chi connectivity index (χ1n) is 10.7. The molecule has 0 bridgehead atoms. The lowest BCUT2D eigenvalue weighted by Crippen LogP contribution is -2.48. The molecule has 0 amide bonds. The maximum atomic E-state index is 12.9. The van der Waals surface area contributed by atoms with Gasteiger partial charge in [0.1, 0.15) is 6.54 Å². The summed E-state index contributed by atoms with van der Waals surface area (Å²) in [6.07, 6.45) is -1.69. The number of aliphatic imine (C=N–C) groups is 1. The van der Waals surface area contributed by atoms with E-state index in [9.17, 15) is 13.2 Å². The molecular formula is C22H31F3IN5O. The fourth-order valence-electron chi connectivity index (χ4n) is 3.61. The molecule has 1 aromatic carbocycles. The number of hydrogen-bond donors (Lipinski definition) is 2. The molecule has 10 heteroatoms. The van der Waals surface area contributed by atoms with Gasteiger partial charge >= 0.3 is 6.18 Å². The number of nitrogens with one attached hydrogen (secondary N) is 2. The van der Waals surface area contributed by atoms with E-state index in [0.717, 1.165) is 62.4 Å². The van der Waals surface area contributed by atoms with E-state index >= 15 is 0 Å². The Morgan fingerprint density at radius 1 is 1.22 bits per heavy atom. The molecule has 1 aliphatic rings. The fraction of sp³-hybridized carbons (Fsp3) is 0.545. The molecule has 1 aliphatic heterocycles. The molecule has 0 saturated carbocycles. The van der Waals surface area contributed by atoms with Crippen LogP contribution in [0.3, 0.4) is 0 Å². The van der Waals surface area contributed by atoms with E-state index in [2.05, 4.69) is 25.7 Å². The number of aryl methyl sites for hydroxylation is 1. The number of nitrogens with zero attached hydrogens (tertiary/aromatic N) is 3. The molecule has 0 aliphatic carbocycles. The normalized spacial score (nSPS) is 16.0. The van der Waals surface area contributed by atoms with Gasteiger partial charge in [-0.15, -0.1) is 24.0 Å². The molecule has 0 unspecified atom stereocenters. The second-order valence-corrected chi connectivity index (χ2v) is 7.73. The molecule has 0 spiro atoms. The quantitative estimate of drug-likeness (QED) is 0.292. The van der Waals surface area contributed by atoms with Gasteiger partial charge in [-0.2, -0.15) is 13.2 Å². The van der Waals surface area contributed by atoms with Gasteiger partial charge in [-0.25, -0.2) is 4.99 Å². The number of rotatable bonds is 7. The lowest BCUT2D eigenvalue weighted by atomic mass is 10.0. The molecule has 1 fully saturated rings. The Morgan fingerprint density at radius 3 is 2.59 bits per heavy atom. The summed E-state index contributed by atoms with van der Waals surface area (Å²) in [7, 11) is 0. The average molecular weight is 565 g/mol. The van der Waals surface area contributed by atoms with Crippen LogP contribution in [0.15, 0.2) is 39.8 Å². The molecule has 178 valence electrons. The molecule has 6 nitrogen and oxygen atoms in total. The lowest BCUT2D eigenvalue weighted by molar-refractivity contribution is -0.137. The summed E-state index contributed by atoms with van der Waals surface area (Å²) in [6.45, 7) is 7.35. The molecule has 2 aromatic rings. The van der Waals surface area contributed by atoms with Crippen LogP contribution in [0.25, 0.3) is 0 Å². The first kappa shape index (κ1) is 26.4. The van der Waals surface area contributed by atoms with Crippen LogP contribution in [0.5, 0.6) is 0 Å². The van der Waals surface area contributed by atoms with E-state index in [-0.39, 0.29) is 30.0 Å². The van der Waals surface area contributed by atoms with E-state index in [1.165, 1.54) is 12.1 Å². The van der Waals surface area contributed by atoms with Crippen molar-refractivity contribution in [3.8, 4) is 0 Å². The molecule has 32 heavy (non-hydrogen) atoms. The average Bonchev–Trinajstić information content (AvgIpc) is 3.21. The molecular weight excluding hydrogens is 534 g/mol. The lowest BCUT2D eigenvalue weighted by Gasteiger charge is -2.33. The number of halogens is 4. The Hall–Kier alpha value is -1.82. The van der Waals surface area contributed by atoms with Crippen LogP contribution in [0.2, 0.25) is 0 Å². The minimum atomic E-state index is -4.31. The van der Waals surface area contributed by atoms with Crippen molar-refractivity contribution < 1.29 is 17.7 Å². The van der Waals surface area contributed by atoms with Gasteiger partial charge in [0, 0.05) is 38.3 Å². The maximum Gasteiger partial charge on any atom is 0.416 e. The highest BCUT2D eigenvalue weighted by Gasteiger charge is 2.30. The van der Waals surface area contributed by atoms with Gasteiger partial charge in [-0.3, -0.25) is 4.90 Å². The highest BCUT2D eigenvalue weighted by atomic mass is 127. The van der Waals surface area contributed by atoms with Crippen molar-refractivity contribution in [2.24, 2.45) is 4.99 Å². The maximum absolute atomic E-state index is 12.9. The zero-order chi connectivity index (χ0) is 22.3. The Balaban J connectivity index is 0.00000363. The highest BCUT2D eigenvalue weighted by Crippen LogP contribution is 2.30.